The van der Waals surface area contributed by atoms with Gasteiger partial charge in [-0.05, 0) is 104 Å². The summed E-state index contributed by atoms with van der Waals surface area (Å²) in [5.74, 6) is 0.223. The first kappa shape index (κ1) is 30.1. The summed E-state index contributed by atoms with van der Waals surface area (Å²) in [7, 11) is 0. The van der Waals surface area contributed by atoms with Crippen molar-refractivity contribution in [2.75, 3.05) is 0 Å². The smallest absolute Gasteiger partial charge is 0.116 e. The van der Waals surface area contributed by atoms with Crippen LogP contribution in [0.5, 0.6) is 5.75 Å². The molecule has 222 valence electrons. The van der Waals surface area contributed by atoms with Crippen molar-refractivity contribution in [3.05, 3.63) is 118 Å². The van der Waals surface area contributed by atoms with E-state index in [1.807, 2.05) is 48.7 Å². The molecule has 0 unspecified atom stereocenters. The highest BCUT2D eigenvalue weighted by atomic mass is 16.3. The molecule has 0 bridgehead atoms. The Bertz CT molecular complexity index is 1690. The van der Waals surface area contributed by atoms with Crippen LogP contribution in [0.3, 0.4) is 0 Å². The minimum atomic E-state index is 0.223. The lowest BCUT2D eigenvalue weighted by atomic mass is 10.0. The number of phenolic OH excluding ortho intramolecular Hbond substituents is 1. The number of phenols is 1. The van der Waals surface area contributed by atoms with Crippen LogP contribution in [-0.4, -0.2) is 26.5 Å². The molecule has 0 radical (unpaired) electrons. The van der Waals surface area contributed by atoms with Crippen molar-refractivity contribution < 1.29 is 5.11 Å². The molecule has 0 amide bonds. The summed E-state index contributed by atoms with van der Waals surface area (Å²) in [6, 6.07) is 15.4. The molecule has 2 aliphatic rings. The van der Waals surface area contributed by atoms with E-state index in [0.29, 0.717) is 0 Å². The Morgan fingerprint density at radius 1 is 0.814 bits per heavy atom. The van der Waals surface area contributed by atoms with Crippen LogP contribution in [0.1, 0.15) is 89.3 Å². The Kier molecular flexibility index (Phi) is 10.6. The predicted molar refractivity (Wildman–Crippen MR) is 182 cm³/mol. The Hall–Kier alpha value is -4.38. The number of H-pyrrole nitrogens is 2. The highest BCUT2D eigenvalue weighted by Gasteiger charge is 2.15. The van der Waals surface area contributed by atoms with E-state index in [1.54, 1.807) is 12.1 Å². The van der Waals surface area contributed by atoms with E-state index in [-0.39, 0.29) is 5.75 Å². The fourth-order valence-electron chi connectivity index (χ4n) is 5.62. The molecular formula is C38H44N4O. The van der Waals surface area contributed by atoms with Crippen LogP contribution in [0.15, 0.2) is 106 Å². The highest BCUT2D eigenvalue weighted by molar-refractivity contribution is 6.30. The van der Waals surface area contributed by atoms with Gasteiger partial charge >= 0.3 is 0 Å². The third-order valence-corrected chi connectivity index (χ3v) is 8.01. The van der Waals surface area contributed by atoms with Gasteiger partial charge in [0.15, 0.2) is 0 Å². The van der Waals surface area contributed by atoms with Crippen molar-refractivity contribution in [3.63, 3.8) is 0 Å². The Balaban J connectivity index is 1.31. The molecule has 0 saturated carbocycles. The third kappa shape index (κ3) is 8.57. The molecule has 3 aromatic rings. The molecule has 43 heavy (non-hydrogen) atoms. The molecular weight excluding hydrogens is 528 g/mol. The number of benzene rings is 1. The van der Waals surface area contributed by atoms with E-state index in [0.717, 1.165) is 56.8 Å². The molecule has 4 heterocycles. The molecule has 2 aliphatic heterocycles. The number of aromatic hydroxyl groups is 1. The fraction of sp³-hybridized carbons (Fsp3) is 0.316. The van der Waals surface area contributed by atoms with Gasteiger partial charge in [-0.25, -0.2) is 9.98 Å². The molecule has 0 atom stereocenters. The molecule has 0 aliphatic carbocycles. The van der Waals surface area contributed by atoms with Crippen molar-refractivity contribution in [2.45, 2.75) is 78.1 Å². The lowest BCUT2D eigenvalue weighted by molar-refractivity contribution is 0.475. The molecule has 3 N–H and O–H groups in total. The first-order valence-corrected chi connectivity index (χ1v) is 15.9. The number of allylic oxidation sites excluding steroid dienone is 5. The van der Waals surface area contributed by atoms with Gasteiger partial charge in [0.2, 0.25) is 0 Å². The van der Waals surface area contributed by atoms with Crippen LogP contribution >= 0.6 is 0 Å². The molecule has 5 heteroatoms. The van der Waals surface area contributed by atoms with Crippen molar-refractivity contribution in [2.24, 2.45) is 9.98 Å². The number of hydrogen-bond donors (Lipinski definition) is 3. The normalized spacial score (nSPS) is 17.6. The number of rotatable bonds is 14. The molecule has 0 saturated heterocycles. The second-order valence-corrected chi connectivity index (χ2v) is 11.5. The maximum atomic E-state index is 10.2. The average molecular weight is 573 g/mol. The topological polar surface area (TPSA) is 76.5 Å². The minimum absolute atomic E-state index is 0.223. The first-order valence-electron chi connectivity index (χ1n) is 15.9. The number of aliphatic imine (C=N–C) groups is 2. The average Bonchev–Trinajstić information content (AvgIpc) is 3.83. The van der Waals surface area contributed by atoms with Gasteiger partial charge < -0.3 is 15.1 Å². The van der Waals surface area contributed by atoms with Crippen molar-refractivity contribution in [3.8, 4) is 5.75 Å². The standard InChI is InChI=1S/C38H44N4O/c1-3-4-5-6-7-8-9-10-11-14-28(2)35-21-18-32(40-35)27-33-20-23-37(42-33)38(29-15-12-17-34(43)25-29)36-22-19-31(41-36)26-30-16-13-24-39-30/h12-13,15-27,39,42-43H,3-11,14H2,1-2H3/b31-26-,33-27-,35-28+,38-37-. The van der Waals surface area contributed by atoms with Gasteiger partial charge in [-0.1, -0.05) is 70.4 Å². The number of nitrogens with one attached hydrogen (secondary N) is 2. The quantitative estimate of drug-likeness (QED) is 0.167. The van der Waals surface area contributed by atoms with Crippen LogP contribution in [0.4, 0.5) is 0 Å². The highest BCUT2D eigenvalue weighted by Crippen LogP contribution is 2.24. The third-order valence-electron chi connectivity index (χ3n) is 8.01. The predicted octanol–water partition coefficient (Wildman–Crippen LogP) is 8.29. The SMILES string of the molecule is CCCCCCCCCCC/C(C)=C1\C=CC(/C=c2/cc/c(=C(C3=N/C(=C\c4ccc[nH]4)C=C3)\c3cccc(O)c3)[nH]2)=N1. The van der Waals surface area contributed by atoms with E-state index < -0.39 is 0 Å². The second-order valence-electron chi connectivity index (χ2n) is 11.5. The van der Waals surface area contributed by atoms with Gasteiger partial charge in [0.1, 0.15) is 5.75 Å². The van der Waals surface area contributed by atoms with Crippen LogP contribution in [0, 0.1) is 0 Å². The summed E-state index contributed by atoms with van der Waals surface area (Å²) >= 11 is 0. The second kappa shape index (κ2) is 15.2. The lowest BCUT2D eigenvalue weighted by Gasteiger charge is -2.06. The number of aromatic nitrogens is 2. The largest absolute Gasteiger partial charge is 0.508 e. The Labute approximate surface area is 255 Å². The van der Waals surface area contributed by atoms with Gasteiger partial charge in [0, 0.05) is 28.2 Å². The molecule has 5 rings (SSSR count). The summed E-state index contributed by atoms with van der Waals surface area (Å²) < 4.78 is 0. The van der Waals surface area contributed by atoms with Crippen LogP contribution in [0.25, 0.3) is 17.7 Å². The summed E-state index contributed by atoms with van der Waals surface area (Å²) in [4.78, 5) is 16.6. The summed E-state index contributed by atoms with van der Waals surface area (Å²) in [6.07, 6.45) is 27.5. The molecule has 0 fully saturated rings. The zero-order valence-electron chi connectivity index (χ0n) is 25.6. The maximum Gasteiger partial charge on any atom is 0.116 e. The van der Waals surface area contributed by atoms with Crippen molar-refractivity contribution in [1.82, 2.24) is 9.97 Å². The fourth-order valence-corrected chi connectivity index (χ4v) is 5.62. The van der Waals surface area contributed by atoms with Gasteiger partial charge in [0.25, 0.3) is 0 Å². The van der Waals surface area contributed by atoms with E-state index in [4.69, 9.17) is 9.98 Å². The summed E-state index contributed by atoms with van der Waals surface area (Å²) in [5.41, 5.74) is 7.95. The van der Waals surface area contributed by atoms with Crippen LogP contribution < -0.4 is 10.7 Å². The molecule has 5 nitrogen and oxygen atoms in total. The summed E-state index contributed by atoms with van der Waals surface area (Å²) in [6.45, 7) is 4.49. The molecule has 0 spiro atoms. The van der Waals surface area contributed by atoms with E-state index in [1.165, 1.54) is 63.4 Å². The van der Waals surface area contributed by atoms with E-state index in [2.05, 4.69) is 54.2 Å². The van der Waals surface area contributed by atoms with Gasteiger partial charge in [-0.3, -0.25) is 0 Å². The number of aromatic amines is 2. The van der Waals surface area contributed by atoms with Crippen molar-refractivity contribution >= 4 is 29.1 Å². The van der Waals surface area contributed by atoms with Gasteiger partial charge in [-0.2, -0.15) is 0 Å². The maximum absolute atomic E-state index is 10.2. The van der Waals surface area contributed by atoms with Crippen LogP contribution in [0.2, 0.25) is 0 Å². The van der Waals surface area contributed by atoms with Crippen molar-refractivity contribution in [1.29, 1.82) is 0 Å². The molecule has 1 aromatic carbocycles. The van der Waals surface area contributed by atoms with E-state index >= 15 is 0 Å². The van der Waals surface area contributed by atoms with Gasteiger partial charge in [0.05, 0.1) is 22.8 Å². The number of unbranched alkanes of at least 4 members (excludes halogenated alkanes) is 8. The Morgan fingerprint density at radius 2 is 1.63 bits per heavy atom. The monoisotopic (exact) mass is 572 g/mol. The van der Waals surface area contributed by atoms with Gasteiger partial charge in [-0.15, -0.1) is 0 Å². The first-order chi connectivity index (χ1) is 21.1. The lowest BCUT2D eigenvalue weighted by Crippen LogP contribution is -2.18. The Morgan fingerprint density at radius 3 is 2.40 bits per heavy atom. The zero-order valence-corrected chi connectivity index (χ0v) is 25.6. The minimum Gasteiger partial charge on any atom is -0.508 e. The summed E-state index contributed by atoms with van der Waals surface area (Å²) in [5, 5.41) is 12.1. The van der Waals surface area contributed by atoms with E-state index in [9.17, 15) is 5.11 Å². The number of nitrogens with zero attached hydrogens (tertiary/aromatic N) is 2. The zero-order chi connectivity index (χ0) is 29.9. The molecule has 2 aromatic heterocycles. The number of hydrogen-bond acceptors (Lipinski definition) is 3. The van der Waals surface area contributed by atoms with Crippen LogP contribution in [-0.2, 0) is 0 Å².